The van der Waals surface area contributed by atoms with Gasteiger partial charge in [0.15, 0.2) is 0 Å². The Balaban J connectivity index is 0. The SMILES string of the molecule is C[C](C)(C)[Sb][C](C)(C)C.C[Si](C)C. The van der Waals surface area contributed by atoms with Gasteiger partial charge in [0.2, 0.25) is 0 Å². The van der Waals surface area contributed by atoms with Gasteiger partial charge in [-0.05, 0) is 0 Å². The molecule has 0 nitrogen and oxygen atoms in total. The molecule has 0 aliphatic heterocycles. The van der Waals surface area contributed by atoms with E-state index in [-0.39, 0.29) is 30.4 Å². The van der Waals surface area contributed by atoms with Gasteiger partial charge in [-0.15, -0.1) is 0 Å². The average molecular weight is 309 g/mol. The summed E-state index contributed by atoms with van der Waals surface area (Å²) >= 11 is -0.00833. The molecule has 0 aliphatic carbocycles. The third-order valence-corrected chi connectivity index (χ3v) is 4.50. The topological polar surface area (TPSA) is 0 Å². The van der Waals surface area contributed by atoms with Crippen LogP contribution in [0.1, 0.15) is 41.5 Å². The summed E-state index contributed by atoms with van der Waals surface area (Å²) in [7, 11) is 0.120. The molecule has 0 fully saturated rings. The van der Waals surface area contributed by atoms with E-state index in [2.05, 4.69) is 61.2 Å². The van der Waals surface area contributed by atoms with Crippen molar-refractivity contribution in [3.05, 3.63) is 0 Å². The van der Waals surface area contributed by atoms with Crippen LogP contribution in [0.5, 0.6) is 0 Å². The molecule has 0 aromatic rings. The zero-order chi connectivity index (χ0) is 11.3. The van der Waals surface area contributed by atoms with E-state index >= 15 is 0 Å². The summed E-state index contributed by atoms with van der Waals surface area (Å²) < 4.78 is 1.27. The first kappa shape index (κ1) is 16.5. The van der Waals surface area contributed by atoms with E-state index in [1.165, 1.54) is 0 Å². The maximum absolute atomic E-state index is 2.36. The molecule has 0 saturated carbocycles. The second kappa shape index (κ2) is 6.51. The Hall–Kier alpha value is 1.04. The summed E-state index contributed by atoms with van der Waals surface area (Å²) in [5, 5.41) is 0. The summed E-state index contributed by atoms with van der Waals surface area (Å²) in [6, 6.07) is 0. The van der Waals surface area contributed by atoms with Crippen molar-refractivity contribution < 1.29 is 0 Å². The van der Waals surface area contributed by atoms with Crippen LogP contribution < -0.4 is 0 Å². The van der Waals surface area contributed by atoms with Crippen molar-refractivity contribution >= 4 is 30.4 Å². The van der Waals surface area contributed by atoms with Gasteiger partial charge in [-0.3, -0.25) is 0 Å². The molecule has 80 valence electrons. The predicted molar refractivity (Wildman–Crippen MR) is 68.5 cm³/mol. The van der Waals surface area contributed by atoms with Crippen molar-refractivity contribution in [3.63, 3.8) is 0 Å². The first-order valence-electron chi connectivity index (χ1n) is 4.95. The van der Waals surface area contributed by atoms with E-state index in [4.69, 9.17) is 0 Å². The van der Waals surface area contributed by atoms with E-state index in [0.717, 1.165) is 0 Å². The van der Waals surface area contributed by atoms with Crippen molar-refractivity contribution in [3.8, 4) is 0 Å². The molecule has 0 amide bonds. The molecule has 0 saturated heterocycles. The average Bonchev–Trinajstić information content (AvgIpc) is 1.47. The smallest absolute Gasteiger partial charge is 0.0379 e. The zero-order valence-electron chi connectivity index (χ0n) is 10.9. The van der Waals surface area contributed by atoms with E-state index in [9.17, 15) is 0 Å². The van der Waals surface area contributed by atoms with Gasteiger partial charge in [0.05, 0.1) is 0 Å². The van der Waals surface area contributed by atoms with Gasteiger partial charge in [-0.2, -0.15) is 0 Å². The normalized spacial score (nSPS) is 12.5. The van der Waals surface area contributed by atoms with E-state index in [1.807, 2.05) is 0 Å². The molecule has 13 heavy (non-hydrogen) atoms. The fourth-order valence-corrected chi connectivity index (χ4v) is 6.75. The van der Waals surface area contributed by atoms with Crippen LogP contribution in [-0.4, -0.2) is 30.4 Å². The van der Waals surface area contributed by atoms with Crippen molar-refractivity contribution in [1.82, 2.24) is 0 Å². The molecule has 0 unspecified atom stereocenters. The van der Waals surface area contributed by atoms with Crippen LogP contribution in [0.15, 0.2) is 0 Å². The molecule has 2 radical (unpaired) electrons. The summed E-state index contributed by atoms with van der Waals surface area (Å²) in [6.45, 7) is 20.9. The molecular formula is C11H27SbSi. The molecular weight excluding hydrogens is 282 g/mol. The van der Waals surface area contributed by atoms with E-state index in [1.54, 1.807) is 0 Å². The Morgan fingerprint density at radius 1 is 0.692 bits per heavy atom. The Morgan fingerprint density at radius 2 is 0.846 bits per heavy atom. The molecule has 0 rings (SSSR count). The zero-order valence-corrected chi connectivity index (χ0v) is 14.5. The van der Waals surface area contributed by atoms with Crippen LogP contribution in [-0.2, 0) is 0 Å². The molecule has 0 heterocycles. The van der Waals surface area contributed by atoms with Gasteiger partial charge < -0.3 is 0 Å². The molecule has 0 aliphatic rings. The largest absolute Gasteiger partial charge is 0.0715 e. The van der Waals surface area contributed by atoms with Crippen LogP contribution in [0.3, 0.4) is 0 Å². The Morgan fingerprint density at radius 3 is 0.846 bits per heavy atom. The number of hydrogen-bond acceptors (Lipinski definition) is 0. The Bertz CT molecular complexity index is 102. The van der Waals surface area contributed by atoms with Crippen molar-refractivity contribution in [2.45, 2.75) is 67.9 Å². The Labute approximate surface area is 98.0 Å². The first-order chi connectivity index (χ1) is 5.44. The summed E-state index contributed by atoms with van der Waals surface area (Å²) in [4.78, 5) is 0. The first-order valence-corrected chi connectivity index (χ1v) is 10.5. The van der Waals surface area contributed by atoms with E-state index < -0.39 is 0 Å². The van der Waals surface area contributed by atoms with Crippen LogP contribution in [0.25, 0.3) is 0 Å². The molecule has 0 aromatic carbocycles. The van der Waals surface area contributed by atoms with Gasteiger partial charge in [0.1, 0.15) is 0 Å². The second-order valence-corrected chi connectivity index (χ2v) is 17.2. The van der Waals surface area contributed by atoms with Gasteiger partial charge in [-0.1, -0.05) is 19.6 Å². The molecule has 2 heteroatoms. The predicted octanol–water partition coefficient (Wildman–Crippen LogP) is 4.50. The van der Waals surface area contributed by atoms with Gasteiger partial charge in [0.25, 0.3) is 0 Å². The van der Waals surface area contributed by atoms with Crippen LogP contribution in [0.2, 0.25) is 26.4 Å². The Kier molecular flexibility index (Phi) is 8.24. The molecule has 0 bridgehead atoms. The number of rotatable bonds is 0. The van der Waals surface area contributed by atoms with Crippen molar-refractivity contribution in [2.24, 2.45) is 0 Å². The maximum atomic E-state index is 2.36. The minimum Gasteiger partial charge on any atom is -0.0715 e. The second-order valence-electron chi connectivity index (χ2n) is 5.95. The molecule has 0 atom stereocenters. The van der Waals surface area contributed by atoms with Crippen molar-refractivity contribution in [1.29, 1.82) is 0 Å². The van der Waals surface area contributed by atoms with Gasteiger partial charge >= 0.3 is 69.9 Å². The minimum absolute atomic E-state index is 0.00833. The monoisotopic (exact) mass is 308 g/mol. The summed E-state index contributed by atoms with van der Waals surface area (Å²) in [5.41, 5.74) is 0. The fourth-order valence-electron chi connectivity index (χ4n) is 1.01. The van der Waals surface area contributed by atoms with E-state index in [0.29, 0.717) is 6.72 Å². The van der Waals surface area contributed by atoms with Crippen LogP contribution >= 0.6 is 0 Å². The molecule has 0 spiro atoms. The molecule has 0 N–H and O–H groups in total. The third-order valence-electron chi connectivity index (χ3n) is 0.671. The van der Waals surface area contributed by atoms with Gasteiger partial charge in [-0.25, -0.2) is 0 Å². The standard InChI is InChI=1S/2C4H9.C3H9Si.Sb/c3*1-4(2)3;/h3*1-3H3;. The maximum Gasteiger partial charge on any atom is 0.0379 e. The van der Waals surface area contributed by atoms with Gasteiger partial charge in [0, 0.05) is 8.80 Å². The number of hydrogen-bond donors (Lipinski definition) is 0. The summed E-state index contributed by atoms with van der Waals surface area (Å²) in [6.07, 6.45) is 0. The van der Waals surface area contributed by atoms with Crippen LogP contribution in [0.4, 0.5) is 0 Å². The quantitative estimate of drug-likeness (QED) is 0.578. The fraction of sp³-hybridized carbons (Fsp3) is 1.00. The third kappa shape index (κ3) is 32.1. The minimum atomic E-state index is -0.00833. The molecule has 0 aromatic heterocycles. The van der Waals surface area contributed by atoms with Crippen molar-refractivity contribution in [2.75, 3.05) is 0 Å². The van der Waals surface area contributed by atoms with Crippen LogP contribution in [0, 0.1) is 0 Å². The summed E-state index contributed by atoms with van der Waals surface area (Å²) in [5.74, 6) is 0.